The number of benzene rings is 1. The van der Waals surface area contributed by atoms with Crippen molar-refractivity contribution in [2.24, 2.45) is 0 Å². The van der Waals surface area contributed by atoms with Gasteiger partial charge in [-0.05, 0) is 36.2 Å². The van der Waals surface area contributed by atoms with Gasteiger partial charge in [0.2, 0.25) is 0 Å². The van der Waals surface area contributed by atoms with Gasteiger partial charge < -0.3 is 9.47 Å². The zero-order chi connectivity index (χ0) is 11.3. The Hall–Kier alpha value is -1.22. The zero-order valence-corrected chi connectivity index (χ0v) is 9.50. The molecule has 0 atom stereocenters. The van der Waals surface area contributed by atoms with Crippen LogP contribution in [0.25, 0.3) is 0 Å². The maximum Gasteiger partial charge on any atom is 0.252 e. The molecule has 0 fully saturated rings. The molecule has 15 heavy (non-hydrogen) atoms. The molecular weight excluding hydrogens is 216 g/mol. The lowest BCUT2D eigenvalue weighted by Crippen LogP contribution is -1.99. The topological polar surface area (TPSA) is 35.5 Å². The first-order valence-corrected chi connectivity index (χ1v) is 5.07. The second-order valence-electron chi connectivity index (χ2n) is 2.99. The van der Waals surface area contributed by atoms with Crippen LogP contribution < -0.4 is 9.47 Å². The summed E-state index contributed by atoms with van der Waals surface area (Å²) in [6, 6.07) is 4.87. The number of ether oxygens (including phenoxy) is 2. The highest BCUT2D eigenvalue weighted by Crippen LogP contribution is 2.28. The van der Waals surface area contributed by atoms with E-state index < -0.39 is 5.24 Å². The first kappa shape index (κ1) is 11.9. The first-order chi connectivity index (χ1) is 7.19. The average molecular weight is 229 g/mol. The molecule has 0 amide bonds. The molecular formula is C11H13ClO3. The van der Waals surface area contributed by atoms with E-state index in [1.165, 1.54) is 7.11 Å². The highest BCUT2D eigenvalue weighted by molar-refractivity contribution is 6.67. The molecule has 0 unspecified atom stereocenters. The van der Waals surface area contributed by atoms with Crippen molar-refractivity contribution in [1.29, 1.82) is 0 Å². The third-order valence-corrected chi connectivity index (χ3v) is 2.07. The molecule has 0 saturated carbocycles. The van der Waals surface area contributed by atoms with Gasteiger partial charge in [-0.15, -0.1) is 0 Å². The molecule has 0 N–H and O–H groups in total. The summed E-state index contributed by atoms with van der Waals surface area (Å²) in [5.41, 5.74) is 0.400. The van der Waals surface area contributed by atoms with Crippen LogP contribution in [0.15, 0.2) is 18.2 Å². The van der Waals surface area contributed by atoms with Gasteiger partial charge in [0, 0.05) is 5.56 Å². The van der Waals surface area contributed by atoms with Crippen LogP contribution in [0.3, 0.4) is 0 Å². The van der Waals surface area contributed by atoms with Crippen molar-refractivity contribution in [2.45, 2.75) is 13.3 Å². The van der Waals surface area contributed by atoms with Crippen LogP contribution in [0.5, 0.6) is 11.5 Å². The predicted octanol–water partition coefficient (Wildman–Crippen LogP) is 2.86. The molecule has 0 aliphatic rings. The smallest absolute Gasteiger partial charge is 0.252 e. The zero-order valence-electron chi connectivity index (χ0n) is 8.75. The van der Waals surface area contributed by atoms with E-state index in [4.69, 9.17) is 21.1 Å². The van der Waals surface area contributed by atoms with E-state index in [1.54, 1.807) is 18.2 Å². The van der Waals surface area contributed by atoms with Gasteiger partial charge in [-0.25, -0.2) is 0 Å². The number of halogens is 1. The highest BCUT2D eigenvalue weighted by Gasteiger charge is 2.08. The van der Waals surface area contributed by atoms with Gasteiger partial charge in [-0.2, -0.15) is 0 Å². The van der Waals surface area contributed by atoms with E-state index >= 15 is 0 Å². The van der Waals surface area contributed by atoms with Crippen LogP contribution in [-0.2, 0) is 0 Å². The van der Waals surface area contributed by atoms with E-state index in [0.29, 0.717) is 23.7 Å². The van der Waals surface area contributed by atoms with E-state index in [-0.39, 0.29) is 0 Å². The summed E-state index contributed by atoms with van der Waals surface area (Å²) in [7, 11) is 1.52. The van der Waals surface area contributed by atoms with Crippen LogP contribution in [-0.4, -0.2) is 19.0 Å². The molecule has 0 aliphatic heterocycles. The molecule has 1 rings (SSSR count). The van der Waals surface area contributed by atoms with E-state index in [2.05, 4.69) is 0 Å². The first-order valence-electron chi connectivity index (χ1n) is 4.69. The maximum absolute atomic E-state index is 10.9. The largest absolute Gasteiger partial charge is 0.493 e. The third-order valence-electron chi connectivity index (χ3n) is 1.85. The molecule has 4 heteroatoms. The number of carbonyl (C=O) groups excluding carboxylic acids is 1. The number of hydrogen-bond acceptors (Lipinski definition) is 3. The van der Waals surface area contributed by atoms with Gasteiger partial charge in [-0.3, -0.25) is 4.79 Å². The quantitative estimate of drug-likeness (QED) is 0.727. The van der Waals surface area contributed by atoms with Gasteiger partial charge in [0.05, 0.1) is 13.7 Å². The van der Waals surface area contributed by atoms with Crippen molar-refractivity contribution in [2.75, 3.05) is 13.7 Å². The summed E-state index contributed by atoms with van der Waals surface area (Å²) in [6.45, 7) is 2.63. The Kier molecular flexibility index (Phi) is 4.43. The Bertz CT molecular complexity index is 350. The molecule has 3 nitrogen and oxygen atoms in total. The lowest BCUT2D eigenvalue weighted by Gasteiger charge is -2.10. The summed E-state index contributed by atoms with van der Waals surface area (Å²) >= 11 is 5.35. The molecule has 0 saturated heterocycles. The number of carbonyl (C=O) groups is 1. The molecule has 0 aliphatic carbocycles. The predicted molar refractivity (Wildman–Crippen MR) is 59.0 cm³/mol. The molecule has 0 bridgehead atoms. The van der Waals surface area contributed by atoms with Crippen LogP contribution in [0.4, 0.5) is 0 Å². The minimum Gasteiger partial charge on any atom is -0.493 e. The summed E-state index contributed by atoms with van der Waals surface area (Å²) in [5, 5.41) is -0.504. The minimum atomic E-state index is -0.504. The Morgan fingerprint density at radius 3 is 2.67 bits per heavy atom. The second kappa shape index (κ2) is 5.61. The van der Waals surface area contributed by atoms with Crippen LogP contribution in [0, 0.1) is 0 Å². The maximum atomic E-state index is 10.9. The lowest BCUT2D eigenvalue weighted by atomic mass is 10.2. The lowest BCUT2D eigenvalue weighted by molar-refractivity contribution is 0.108. The molecule has 82 valence electrons. The van der Waals surface area contributed by atoms with E-state index in [1.807, 2.05) is 6.92 Å². The highest BCUT2D eigenvalue weighted by atomic mass is 35.5. The Labute approximate surface area is 93.9 Å². The van der Waals surface area contributed by atoms with Gasteiger partial charge in [-0.1, -0.05) is 6.92 Å². The Morgan fingerprint density at radius 1 is 1.40 bits per heavy atom. The third kappa shape index (κ3) is 3.13. The SMILES string of the molecule is CCCOc1ccc(C(=O)Cl)cc1OC. The number of hydrogen-bond donors (Lipinski definition) is 0. The Balaban J connectivity index is 2.93. The van der Waals surface area contributed by atoms with Gasteiger partial charge in [0.25, 0.3) is 5.24 Å². The molecule has 0 aromatic heterocycles. The van der Waals surface area contributed by atoms with Crippen molar-refractivity contribution < 1.29 is 14.3 Å². The van der Waals surface area contributed by atoms with Crippen LogP contribution in [0.1, 0.15) is 23.7 Å². The summed E-state index contributed by atoms with van der Waals surface area (Å²) < 4.78 is 10.5. The summed E-state index contributed by atoms with van der Waals surface area (Å²) in [6.07, 6.45) is 0.916. The normalized spacial score (nSPS) is 9.80. The summed E-state index contributed by atoms with van der Waals surface area (Å²) in [4.78, 5) is 10.9. The minimum absolute atomic E-state index is 0.400. The number of methoxy groups -OCH3 is 1. The van der Waals surface area contributed by atoms with Crippen molar-refractivity contribution >= 4 is 16.8 Å². The fourth-order valence-electron chi connectivity index (χ4n) is 1.12. The molecule has 0 radical (unpaired) electrons. The average Bonchev–Trinajstić information content (AvgIpc) is 2.25. The van der Waals surface area contributed by atoms with Crippen molar-refractivity contribution in [3.63, 3.8) is 0 Å². The molecule has 0 spiro atoms. The number of rotatable bonds is 5. The molecule has 0 heterocycles. The van der Waals surface area contributed by atoms with Crippen molar-refractivity contribution in [3.05, 3.63) is 23.8 Å². The fourth-order valence-corrected chi connectivity index (χ4v) is 1.24. The van der Waals surface area contributed by atoms with E-state index in [9.17, 15) is 4.79 Å². The Morgan fingerprint density at radius 2 is 2.13 bits per heavy atom. The molecule has 1 aromatic rings. The van der Waals surface area contributed by atoms with E-state index in [0.717, 1.165) is 6.42 Å². The van der Waals surface area contributed by atoms with Crippen molar-refractivity contribution in [3.8, 4) is 11.5 Å². The van der Waals surface area contributed by atoms with Crippen LogP contribution in [0.2, 0.25) is 0 Å². The second-order valence-corrected chi connectivity index (χ2v) is 3.33. The fraction of sp³-hybridized carbons (Fsp3) is 0.364. The van der Waals surface area contributed by atoms with Gasteiger partial charge in [0.15, 0.2) is 11.5 Å². The summed E-state index contributed by atoms with van der Waals surface area (Å²) in [5.74, 6) is 1.15. The molecule has 1 aromatic carbocycles. The van der Waals surface area contributed by atoms with Gasteiger partial charge in [0.1, 0.15) is 0 Å². The van der Waals surface area contributed by atoms with Crippen LogP contribution >= 0.6 is 11.6 Å². The van der Waals surface area contributed by atoms with Gasteiger partial charge >= 0.3 is 0 Å². The standard InChI is InChI=1S/C11H13ClO3/c1-3-6-15-9-5-4-8(11(12)13)7-10(9)14-2/h4-5,7H,3,6H2,1-2H3. The van der Waals surface area contributed by atoms with Crippen molar-refractivity contribution in [1.82, 2.24) is 0 Å². The monoisotopic (exact) mass is 228 g/mol.